The molecule has 6 heteroatoms. The maximum Gasteiger partial charge on any atom is 0.306 e. The predicted molar refractivity (Wildman–Crippen MR) is 352 cm³/mol. The van der Waals surface area contributed by atoms with Crippen molar-refractivity contribution in [1.29, 1.82) is 0 Å². The van der Waals surface area contributed by atoms with E-state index in [0.717, 1.165) is 141 Å². The Labute approximate surface area is 498 Å². The summed E-state index contributed by atoms with van der Waals surface area (Å²) in [6.07, 6.45) is 99.3. The van der Waals surface area contributed by atoms with Crippen molar-refractivity contribution in [3.63, 3.8) is 0 Å². The maximum absolute atomic E-state index is 12.9. The predicted octanol–water partition coefficient (Wildman–Crippen LogP) is 22.7. The van der Waals surface area contributed by atoms with Crippen LogP contribution in [0.15, 0.2) is 170 Å². The summed E-state index contributed by atoms with van der Waals surface area (Å²) >= 11 is 0. The van der Waals surface area contributed by atoms with E-state index < -0.39 is 6.10 Å². The summed E-state index contributed by atoms with van der Waals surface area (Å²) in [6, 6.07) is 0. The van der Waals surface area contributed by atoms with Crippen LogP contribution in [0, 0.1) is 0 Å². The lowest BCUT2D eigenvalue weighted by molar-refractivity contribution is -0.167. The van der Waals surface area contributed by atoms with Crippen molar-refractivity contribution in [3.8, 4) is 0 Å². The minimum Gasteiger partial charge on any atom is -0.462 e. The normalized spacial score (nSPS) is 13.3. The molecule has 1 atom stereocenters. The van der Waals surface area contributed by atoms with E-state index >= 15 is 0 Å². The first-order valence-corrected chi connectivity index (χ1v) is 32.6. The lowest BCUT2D eigenvalue weighted by atomic mass is 10.0. The molecule has 6 nitrogen and oxygen atoms in total. The van der Waals surface area contributed by atoms with E-state index in [2.05, 4.69) is 191 Å². The van der Waals surface area contributed by atoms with Crippen LogP contribution in [-0.2, 0) is 28.6 Å². The number of carbonyl (C=O) groups is 3. The highest BCUT2D eigenvalue weighted by Gasteiger charge is 2.19. The first-order valence-electron chi connectivity index (χ1n) is 32.6. The van der Waals surface area contributed by atoms with Crippen LogP contribution in [0.3, 0.4) is 0 Å². The molecule has 454 valence electrons. The molecule has 0 bridgehead atoms. The SMILES string of the molecule is CC/C=C\C/C=C\C/C=C\C/C=C\C/C=C\CCCCCCCCCC(=O)OCC(COC(=O)CCC/C=C\C/C=C\C/C=C\C/C=C\C/C=C\CC)OC(=O)CCCCCCCCCCCC/C=C\C/C=C\C/C=C\C/C=C\CC. The number of esters is 3. The molecule has 81 heavy (non-hydrogen) atoms. The van der Waals surface area contributed by atoms with E-state index in [1.807, 2.05) is 0 Å². The summed E-state index contributed by atoms with van der Waals surface area (Å²) in [4.78, 5) is 38.4. The molecule has 0 rings (SSSR count). The molecule has 0 aliphatic rings. The van der Waals surface area contributed by atoms with Crippen molar-refractivity contribution >= 4 is 17.9 Å². The third-order valence-corrected chi connectivity index (χ3v) is 13.2. The third-order valence-electron chi connectivity index (χ3n) is 13.2. The first kappa shape index (κ1) is 75.8. The van der Waals surface area contributed by atoms with E-state index in [1.165, 1.54) is 77.0 Å². The van der Waals surface area contributed by atoms with E-state index in [-0.39, 0.29) is 37.5 Å². The summed E-state index contributed by atoms with van der Waals surface area (Å²) in [5.41, 5.74) is 0. The molecule has 0 saturated heterocycles. The van der Waals surface area contributed by atoms with Gasteiger partial charge in [-0.05, 0) is 141 Å². The van der Waals surface area contributed by atoms with Crippen LogP contribution in [-0.4, -0.2) is 37.2 Å². The molecule has 0 spiro atoms. The maximum atomic E-state index is 12.9. The molecule has 0 aliphatic carbocycles. The molecular weight excluding hydrogens is 997 g/mol. The summed E-state index contributed by atoms with van der Waals surface area (Å²) in [5.74, 6) is -0.988. The highest BCUT2D eigenvalue weighted by molar-refractivity contribution is 5.71. The van der Waals surface area contributed by atoms with Crippen molar-refractivity contribution in [2.24, 2.45) is 0 Å². The van der Waals surface area contributed by atoms with Crippen molar-refractivity contribution in [1.82, 2.24) is 0 Å². The first-order chi connectivity index (χ1) is 40.0. The zero-order valence-corrected chi connectivity index (χ0v) is 52.0. The van der Waals surface area contributed by atoms with E-state index in [9.17, 15) is 14.4 Å². The number of carbonyl (C=O) groups excluding carboxylic acids is 3. The van der Waals surface area contributed by atoms with Crippen LogP contribution >= 0.6 is 0 Å². The van der Waals surface area contributed by atoms with E-state index in [4.69, 9.17) is 14.2 Å². The molecule has 0 aromatic carbocycles. The highest BCUT2D eigenvalue weighted by atomic mass is 16.6. The Morgan fingerprint density at radius 3 is 0.741 bits per heavy atom. The molecule has 0 aromatic rings. The second-order valence-corrected chi connectivity index (χ2v) is 20.9. The molecule has 0 radical (unpaired) electrons. The monoisotopic (exact) mass is 1110 g/mol. The van der Waals surface area contributed by atoms with Crippen LogP contribution in [0.5, 0.6) is 0 Å². The fraction of sp³-hybridized carbons (Fsp3) is 0.587. The molecule has 1 unspecified atom stereocenters. The minimum atomic E-state index is -0.820. The number of rotatable bonds is 57. The van der Waals surface area contributed by atoms with Gasteiger partial charge in [-0.25, -0.2) is 0 Å². The Kier molecular flexibility index (Phi) is 62.9. The second kappa shape index (κ2) is 67.3. The standard InChI is InChI=1S/C75H118O6/c1-4-7-10-13-16-19-22-25-28-31-33-35-37-39-41-44-47-50-53-56-59-62-65-68-74(77)80-71-72(70-79-73(76)67-64-61-58-55-52-49-46-43-30-27-24-21-18-15-12-9-6-3)81-75(78)69-66-63-60-57-54-51-48-45-42-40-38-36-34-32-29-26-23-20-17-14-11-8-5-2/h7-12,16-21,25-30,33-36,39,41,46,49,55,58,72H,4-6,13-15,22-24,31-32,37-38,40,42-45,47-48,50-54,56-57,59-71H2,1-3H3/b10-7-,11-8-,12-9-,19-16-,20-17-,21-18-,28-25-,29-26-,30-27-,35-33-,36-34-,41-39-,49-46-,58-55-. The van der Waals surface area contributed by atoms with Gasteiger partial charge in [0.1, 0.15) is 13.2 Å². The summed E-state index contributed by atoms with van der Waals surface area (Å²) in [7, 11) is 0. The number of allylic oxidation sites excluding steroid dienone is 28. The van der Waals surface area contributed by atoms with Gasteiger partial charge in [-0.2, -0.15) is 0 Å². The highest BCUT2D eigenvalue weighted by Crippen LogP contribution is 2.15. The summed E-state index contributed by atoms with van der Waals surface area (Å²) < 4.78 is 16.9. The Morgan fingerprint density at radius 1 is 0.247 bits per heavy atom. The van der Waals surface area contributed by atoms with Gasteiger partial charge in [0.15, 0.2) is 6.10 Å². The zero-order valence-electron chi connectivity index (χ0n) is 52.0. The molecular formula is C75H118O6. The third kappa shape index (κ3) is 65.5. The van der Waals surface area contributed by atoms with Crippen molar-refractivity contribution < 1.29 is 28.6 Å². The molecule has 0 aliphatic heterocycles. The Balaban J connectivity index is 4.50. The molecule has 0 heterocycles. The molecule has 0 saturated carbocycles. The summed E-state index contributed by atoms with van der Waals surface area (Å²) in [6.45, 7) is 6.24. The van der Waals surface area contributed by atoms with Crippen molar-refractivity contribution in [2.45, 2.75) is 271 Å². The van der Waals surface area contributed by atoms with Gasteiger partial charge in [0.05, 0.1) is 0 Å². The lowest BCUT2D eigenvalue weighted by Gasteiger charge is -2.18. The van der Waals surface area contributed by atoms with Crippen LogP contribution in [0.1, 0.15) is 265 Å². The lowest BCUT2D eigenvalue weighted by Crippen LogP contribution is -2.30. The molecule has 0 amide bonds. The zero-order chi connectivity index (χ0) is 58.5. The Bertz CT molecular complexity index is 1860. The average Bonchev–Trinajstić information content (AvgIpc) is 3.47. The molecule has 0 aromatic heterocycles. The van der Waals surface area contributed by atoms with Crippen LogP contribution in [0.4, 0.5) is 0 Å². The summed E-state index contributed by atoms with van der Waals surface area (Å²) in [5, 5.41) is 0. The van der Waals surface area contributed by atoms with Gasteiger partial charge in [0, 0.05) is 19.3 Å². The number of ether oxygens (including phenoxy) is 3. The van der Waals surface area contributed by atoms with Gasteiger partial charge >= 0.3 is 17.9 Å². The number of hydrogen-bond donors (Lipinski definition) is 0. The van der Waals surface area contributed by atoms with Gasteiger partial charge in [-0.1, -0.05) is 274 Å². The minimum absolute atomic E-state index is 0.111. The van der Waals surface area contributed by atoms with Gasteiger partial charge in [0.25, 0.3) is 0 Å². The van der Waals surface area contributed by atoms with E-state index in [0.29, 0.717) is 19.3 Å². The van der Waals surface area contributed by atoms with Gasteiger partial charge in [-0.15, -0.1) is 0 Å². The largest absolute Gasteiger partial charge is 0.462 e. The average molecular weight is 1120 g/mol. The van der Waals surface area contributed by atoms with Crippen LogP contribution in [0.2, 0.25) is 0 Å². The fourth-order valence-corrected chi connectivity index (χ4v) is 8.44. The van der Waals surface area contributed by atoms with Crippen molar-refractivity contribution in [2.75, 3.05) is 13.2 Å². The van der Waals surface area contributed by atoms with E-state index in [1.54, 1.807) is 0 Å². The molecule has 0 N–H and O–H groups in total. The topological polar surface area (TPSA) is 78.9 Å². The smallest absolute Gasteiger partial charge is 0.306 e. The Hall–Kier alpha value is -5.23. The number of hydrogen-bond acceptors (Lipinski definition) is 6. The second-order valence-electron chi connectivity index (χ2n) is 20.9. The quantitative estimate of drug-likeness (QED) is 0.0261. The number of unbranched alkanes of at least 4 members (excludes halogenated alkanes) is 18. The fourth-order valence-electron chi connectivity index (χ4n) is 8.44. The van der Waals surface area contributed by atoms with Crippen LogP contribution in [0.25, 0.3) is 0 Å². The van der Waals surface area contributed by atoms with Gasteiger partial charge < -0.3 is 14.2 Å². The Morgan fingerprint density at radius 2 is 0.457 bits per heavy atom. The molecule has 0 fully saturated rings. The van der Waals surface area contributed by atoms with Crippen LogP contribution < -0.4 is 0 Å². The van der Waals surface area contributed by atoms with Gasteiger partial charge in [-0.3, -0.25) is 14.4 Å². The van der Waals surface area contributed by atoms with Crippen molar-refractivity contribution in [3.05, 3.63) is 170 Å². The van der Waals surface area contributed by atoms with Gasteiger partial charge in [0.2, 0.25) is 0 Å².